The first kappa shape index (κ1) is 16.7. The highest BCUT2D eigenvalue weighted by atomic mass is 14.0. The van der Waals surface area contributed by atoms with E-state index >= 15 is 0 Å². The second-order valence-corrected chi connectivity index (χ2v) is 5.53. The van der Waals surface area contributed by atoms with Gasteiger partial charge in [-0.1, -0.05) is 53.7 Å². The summed E-state index contributed by atoms with van der Waals surface area (Å²) in [5, 5.41) is 0. The number of hydrogen-bond donors (Lipinski definition) is 0. The second kappa shape index (κ2) is 8.13. The molecule has 0 saturated carbocycles. The Kier molecular flexibility index (Phi) is 5.24. The monoisotopic (exact) mass is 326 g/mol. The summed E-state index contributed by atoms with van der Waals surface area (Å²) in [6.07, 6.45) is 10.8. The summed E-state index contributed by atoms with van der Waals surface area (Å²) in [7, 11) is 0. The Morgan fingerprint density at radius 1 is 0.423 bits per heavy atom. The zero-order valence-corrected chi connectivity index (χ0v) is 14.1. The third-order valence-electron chi connectivity index (χ3n) is 3.62. The molecule has 0 spiro atoms. The van der Waals surface area contributed by atoms with Crippen molar-refractivity contribution in [1.82, 2.24) is 0 Å². The summed E-state index contributed by atoms with van der Waals surface area (Å²) in [6, 6.07) is 23.1. The van der Waals surface area contributed by atoms with Crippen LogP contribution in [0.2, 0.25) is 0 Å². The van der Waals surface area contributed by atoms with Crippen molar-refractivity contribution in [3.8, 4) is 48.4 Å². The first-order chi connectivity index (χ1) is 12.8. The maximum Gasteiger partial charge on any atom is 0.0261 e. The van der Waals surface area contributed by atoms with Crippen LogP contribution in [-0.4, -0.2) is 0 Å². The molecular formula is C26H14. The van der Waals surface area contributed by atoms with E-state index in [9.17, 15) is 0 Å². The lowest BCUT2D eigenvalue weighted by Gasteiger charge is -1.95. The Morgan fingerprint density at radius 2 is 0.692 bits per heavy atom. The molecule has 3 aromatic rings. The highest BCUT2D eigenvalue weighted by molar-refractivity contribution is 5.51. The molecule has 3 rings (SSSR count). The van der Waals surface area contributed by atoms with Crippen LogP contribution in [0.4, 0.5) is 0 Å². The molecule has 0 aromatic heterocycles. The minimum absolute atomic E-state index is 0.825. The average Bonchev–Trinajstić information content (AvgIpc) is 2.71. The Morgan fingerprint density at radius 3 is 1.00 bits per heavy atom. The molecule has 0 N–H and O–H groups in total. The molecule has 0 saturated heterocycles. The van der Waals surface area contributed by atoms with Gasteiger partial charge in [0.2, 0.25) is 0 Å². The summed E-state index contributed by atoms with van der Waals surface area (Å²) < 4.78 is 0. The molecule has 0 heteroatoms. The molecular weight excluding hydrogens is 312 g/mol. The van der Waals surface area contributed by atoms with Crippen molar-refractivity contribution in [2.75, 3.05) is 0 Å². The van der Waals surface area contributed by atoms with Gasteiger partial charge >= 0.3 is 0 Å². The molecule has 0 bridgehead atoms. The summed E-state index contributed by atoms with van der Waals surface area (Å²) in [4.78, 5) is 0. The van der Waals surface area contributed by atoms with Gasteiger partial charge in [0.15, 0.2) is 0 Å². The molecule has 0 unspecified atom stereocenters. The highest BCUT2D eigenvalue weighted by Gasteiger charge is 1.93. The third-order valence-corrected chi connectivity index (χ3v) is 3.62. The predicted molar refractivity (Wildman–Crippen MR) is 107 cm³/mol. The zero-order valence-electron chi connectivity index (χ0n) is 14.1. The van der Waals surface area contributed by atoms with E-state index in [2.05, 4.69) is 35.5 Å². The van der Waals surface area contributed by atoms with E-state index in [0.29, 0.717) is 0 Å². The van der Waals surface area contributed by atoms with Crippen LogP contribution >= 0.6 is 0 Å². The maximum atomic E-state index is 5.42. The normalized spacial score (nSPS) is 8.85. The van der Waals surface area contributed by atoms with Crippen molar-refractivity contribution in [1.29, 1.82) is 0 Å². The topological polar surface area (TPSA) is 0 Å². The lowest BCUT2D eigenvalue weighted by atomic mass is 10.1. The van der Waals surface area contributed by atoms with Gasteiger partial charge in [0, 0.05) is 33.4 Å². The average molecular weight is 326 g/mol. The smallest absolute Gasteiger partial charge is 0.0261 e. The van der Waals surface area contributed by atoms with Crippen molar-refractivity contribution >= 4 is 0 Å². The summed E-state index contributed by atoms with van der Waals surface area (Å²) in [5.41, 5.74) is 5.24. The molecule has 118 valence electrons. The van der Waals surface area contributed by atoms with Gasteiger partial charge in [0.1, 0.15) is 0 Å². The fourth-order valence-corrected chi connectivity index (χ4v) is 2.34. The SMILES string of the molecule is C#Cc1cccc(C#Cc2cccc(C#Cc3cccc(C#C)c3)c2)c1. The fraction of sp³-hybridized carbons (Fsp3) is 0. The largest absolute Gasteiger partial charge is 0.115 e. The van der Waals surface area contributed by atoms with Crippen LogP contribution in [0.1, 0.15) is 33.4 Å². The van der Waals surface area contributed by atoms with E-state index in [1.807, 2.05) is 72.8 Å². The molecule has 0 fully saturated rings. The molecule has 3 aromatic carbocycles. The van der Waals surface area contributed by atoms with Crippen molar-refractivity contribution in [2.45, 2.75) is 0 Å². The van der Waals surface area contributed by atoms with Gasteiger partial charge in [-0.3, -0.25) is 0 Å². The van der Waals surface area contributed by atoms with Crippen LogP contribution in [-0.2, 0) is 0 Å². The number of benzene rings is 3. The van der Waals surface area contributed by atoms with Crippen molar-refractivity contribution < 1.29 is 0 Å². The lowest BCUT2D eigenvalue weighted by Crippen LogP contribution is -1.81. The van der Waals surface area contributed by atoms with E-state index in [0.717, 1.165) is 33.4 Å². The quantitative estimate of drug-likeness (QED) is 0.536. The Labute approximate surface area is 154 Å². The summed E-state index contributed by atoms with van der Waals surface area (Å²) in [5.74, 6) is 17.8. The standard InChI is InChI=1S/C26H14/c1-3-21-8-5-10-23(18-21)14-16-25-12-7-13-26(20-25)17-15-24-11-6-9-22(4-2)19-24/h1-2,5-13,18-20H. The Bertz CT molecular complexity index is 1070. The van der Waals surface area contributed by atoms with Gasteiger partial charge < -0.3 is 0 Å². The van der Waals surface area contributed by atoms with Crippen LogP contribution in [0.5, 0.6) is 0 Å². The van der Waals surface area contributed by atoms with Gasteiger partial charge in [-0.05, 0) is 54.6 Å². The molecule has 0 aliphatic heterocycles. The molecule has 0 aliphatic carbocycles. The van der Waals surface area contributed by atoms with E-state index < -0.39 is 0 Å². The maximum absolute atomic E-state index is 5.42. The Balaban J connectivity index is 1.84. The first-order valence-corrected chi connectivity index (χ1v) is 8.04. The van der Waals surface area contributed by atoms with Gasteiger partial charge in [-0.25, -0.2) is 0 Å². The molecule has 0 radical (unpaired) electrons. The van der Waals surface area contributed by atoms with E-state index in [4.69, 9.17) is 12.8 Å². The molecule has 0 aliphatic rings. The van der Waals surface area contributed by atoms with Crippen molar-refractivity contribution in [2.24, 2.45) is 0 Å². The molecule has 0 nitrogen and oxygen atoms in total. The fourth-order valence-electron chi connectivity index (χ4n) is 2.34. The van der Waals surface area contributed by atoms with Crippen LogP contribution in [0, 0.1) is 48.4 Å². The predicted octanol–water partition coefficient (Wildman–Crippen LogP) is 4.45. The number of hydrogen-bond acceptors (Lipinski definition) is 0. The van der Waals surface area contributed by atoms with Gasteiger partial charge in [0.25, 0.3) is 0 Å². The van der Waals surface area contributed by atoms with Crippen LogP contribution in [0.3, 0.4) is 0 Å². The molecule has 0 heterocycles. The van der Waals surface area contributed by atoms with Crippen LogP contribution in [0.25, 0.3) is 0 Å². The van der Waals surface area contributed by atoms with Gasteiger partial charge in [-0.15, -0.1) is 12.8 Å². The summed E-state index contributed by atoms with van der Waals surface area (Å²) >= 11 is 0. The molecule has 26 heavy (non-hydrogen) atoms. The van der Waals surface area contributed by atoms with E-state index in [1.165, 1.54) is 0 Å². The highest BCUT2D eigenvalue weighted by Crippen LogP contribution is 2.07. The second-order valence-electron chi connectivity index (χ2n) is 5.53. The minimum atomic E-state index is 0.825. The van der Waals surface area contributed by atoms with Crippen molar-refractivity contribution in [3.05, 3.63) is 106 Å². The summed E-state index contributed by atoms with van der Waals surface area (Å²) in [6.45, 7) is 0. The van der Waals surface area contributed by atoms with Crippen LogP contribution in [0.15, 0.2) is 72.8 Å². The lowest BCUT2D eigenvalue weighted by molar-refractivity contribution is 1.57. The molecule has 0 atom stereocenters. The van der Waals surface area contributed by atoms with E-state index in [1.54, 1.807) is 0 Å². The zero-order chi connectivity index (χ0) is 18.2. The van der Waals surface area contributed by atoms with E-state index in [-0.39, 0.29) is 0 Å². The minimum Gasteiger partial charge on any atom is -0.115 e. The molecule has 0 amide bonds. The van der Waals surface area contributed by atoms with Crippen molar-refractivity contribution in [3.63, 3.8) is 0 Å². The third kappa shape index (κ3) is 4.47. The number of terminal acetylenes is 2. The Hall–Kier alpha value is -4.10. The van der Waals surface area contributed by atoms with Gasteiger partial charge in [0.05, 0.1) is 0 Å². The first-order valence-electron chi connectivity index (χ1n) is 8.04. The number of rotatable bonds is 0. The van der Waals surface area contributed by atoms with Gasteiger partial charge in [-0.2, -0.15) is 0 Å². The van der Waals surface area contributed by atoms with Crippen LogP contribution < -0.4 is 0 Å².